The number of methoxy groups -OCH3 is 5. The molecule has 10 N–H and O–H groups in total. The van der Waals surface area contributed by atoms with Crippen molar-refractivity contribution in [1.82, 2.24) is 21.0 Å². The maximum atomic E-state index is 14.6. The fraction of sp³-hybridized carbons (Fsp3) is 0.733. The number of ether oxygens (including phenoxy) is 19. The number of hydrogen-bond acceptors (Lipinski definition) is 35. The molecule has 4 heterocycles. The highest BCUT2D eigenvalue weighted by Crippen LogP contribution is 2.49. The number of carbonyl (C=O) groups excluding carboxylic acids is 4. The summed E-state index contributed by atoms with van der Waals surface area (Å²) in [5.74, 6) is 11.0. The van der Waals surface area contributed by atoms with Gasteiger partial charge in [0.05, 0.1) is 196 Å². The van der Waals surface area contributed by atoms with Gasteiger partial charge in [0.2, 0.25) is 23.1 Å². The number of nitrogens with one attached hydrogen (secondary N) is 3. The molecule has 1 aromatic carbocycles. The minimum atomic E-state index is -2.11. The smallest absolute Gasteiger partial charge is 0.411 e. The zero-order valence-electron chi connectivity index (χ0n) is 66.1. The number of nitrogens with two attached hydrogens (primary N) is 1. The van der Waals surface area contributed by atoms with E-state index in [2.05, 4.69) is 39.8 Å². The topological polar surface area (TPSA) is 419 Å². The molecule has 4 saturated heterocycles. The maximum absolute atomic E-state index is 14.6. The van der Waals surface area contributed by atoms with E-state index < -0.39 is 139 Å². The normalized spacial score (nSPS) is 29.5. The van der Waals surface area contributed by atoms with Gasteiger partial charge in [0.1, 0.15) is 36.6 Å². The SMILES string of the molecule is CCN(CC(=O)NCCOCCOCCOCCOCCOCCOCCOCCN)[C@H]1CO[C@@H](O[C@H]2[C@H](O[C@H]3C#CC=CC#C[C@]4(O)CC(=O)C(NC(=O)OC)=C3/C4=C\CSSC(C)C)O[C@H](C)[C@@H](NO[C@H]3C[C@H](O)[C@H](SC(=O)c4c(C)c(I)c(O[C@@H]5O[C@@H](C)[C@H](O)[C@@H](OC)[C@H]5O)c(OC)c4OC)[C@@H](C)O3)[C@@H]2O)C[C@@H]1OC. The monoisotopic (exact) mass is 1770 g/mol. The van der Waals surface area contributed by atoms with Crippen LogP contribution in [0.5, 0.6) is 17.2 Å². The van der Waals surface area contributed by atoms with Crippen molar-refractivity contribution in [2.45, 2.75) is 188 Å². The third-order valence-electron chi connectivity index (χ3n) is 18.7. The van der Waals surface area contributed by atoms with E-state index >= 15 is 0 Å². The van der Waals surface area contributed by atoms with Gasteiger partial charge in [-0.2, -0.15) is 5.48 Å². The molecule has 0 radical (unpaired) electrons. The lowest BCUT2D eigenvalue weighted by molar-refractivity contribution is -0.337. The van der Waals surface area contributed by atoms with E-state index in [1.807, 2.05) is 48.3 Å². The molecule has 2 amide bonds. The van der Waals surface area contributed by atoms with Crippen LogP contribution >= 0.6 is 55.9 Å². The first kappa shape index (κ1) is 96.0. The summed E-state index contributed by atoms with van der Waals surface area (Å²) in [6.45, 7) is 19.4. The average Bonchev–Trinajstić information content (AvgIpc) is 0.756. The second kappa shape index (κ2) is 50.1. The summed E-state index contributed by atoms with van der Waals surface area (Å²) in [6.07, 6.45) is -15.2. The van der Waals surface area contributed by atoms with Gasteiger partial charge in [-0.3, -0.25) is 29.4 Å². The molecule has 2 bridgehead atoms. The van der Waals surface area contributed by atoms with Crippen LogP contribution in [0.25, 0.3) is 0 Å². The molecular formula is C75H114IN5O29S3. The van der Waals surface area contributed by atoms with Gasteiger partial charge in [-0.1, -0.05) is 83.9 Å². The molecule has 34 nitrogen and oxygen atoms in total. The Bertz CT molecular complexity index is 3370. The summed E-state index contributed by atoms with van der Waals surface area (Å²) in [5.41, 5.74) is 6.49. The molecule has 1 aromatic rings. The first-order chi connectivity index (χ1) is 54.4. The number of hydrogen-bond donors (Lipinski definition) is 9. The number of Topliss-reactive ketones (excluding diaryl/α,β-unsaturated/α-hetero) is 1. The number of aliphatic hydroxyl groups excluding tert-OH is 4. The Morgan fingerprint density at radius 3 is 1.96 bits per heavy atom. The van der Waals surface area contributed by atoms with Crippen molar-refractivity contribution >= 4 is 78.8 Å². The zero-order chi connectivity index (χ0) is 82.2. The highest BCUT2D eigenvalue weighted by molar-refractivity contribution is 14.1. The van der Waals surface area contributed by atoms with E-state index in [0.29, 0.717) is 114 Å². The van der Waals surface area contributed by atoms with E-state index in [1.165, 1.54) is 51.4 Å². The number of likely N-dealkylation sites (N-methyl/N-ethyl adjacent to an activating group) is 1. The second-order valence-electron chi connectivity index (χ2n) is 26.9. The van der Waals surface area contributed by atoms with Crippen LogP contribution in [0.3, 0.4) is 0 Å². The number of hydroxylamine groups is 1. The fourth-order valence-corrected chi connectivity index (χ4v) is 16.6. The molecule has 0 saturated carbocycles. The van der Waals surface area contributed by atoms with Gasteiger partial charge in [-0.05, 0) is 74.5 Å². The van der Waals surface area contributed by atoms with Crippen molar-refractivity contribution < 1.29 is 140 Å². The number of amides is 2. The van der Waals surface area contributed by atoms with Gasteiger partial charge in [-0.15, -0.1) is 0 Å². The molecule has 2 aliphatic carbocycles. The Kier molecular flexibility index (Phi) is 42.5. The van der Waals surface area contributed by atoms with Crippen molar-refractivity contribution in [2.24, 2.45) is 5.73 Å². The number of nitrogens with zero attached hydrogens (tertiary/aromatic N) is 1. The lowest BCUT2D eigenvalue weighted by atomic mass is 9.75. The third kappa shape index (κ3) is 28.2. The lowest BCUT2D eigenvalue weighted by Gasteiger charge is -2.47. The Balaban J connectivity index is 1.01. The quantitative estimate of drug-likeness (QED) is 0.0148. The third-order valence-corrected chi connectivity index (χ3v) is 24.2. The molecule has 638 valence electrons. The van der Waals surface area contributed by atoms with Crippen LogP contribution < -0.4 is 36.1 Å². The summed E-state index contributed by atoms with van der Waals surface area (Å²) in [7, 11) is 9.76. The minimum Gasteiger partial charge on any atom is -0.492 e. The summed E-state index contributed by atoms with van der Waals surface area (Å²) in [5, 5.41) is 63.3. The molecule has 7 rings (SSSR count). The number of allylic oxidation sites excluding steroid dienone is 3. The molecule has 4 fully saturated rings. The Morgan fingerprint density at radius 1 is 0.752 bits per heavy atom. The second-order valence-corrected chi connectivity index (χ2v) is 32.1. The molecule has 4 aliphatic heterocycles. The van der Waals surface area contributed by atoms with Crippen molar-refractivity contribution in [2.75, 3.05) is 167 Å². The number of thioether (sulfide) groups is 1. The van der Waals surface area contributed by atoms with Crippen LogP contribution in [-0.2, 0) is 90.2 Å². The van der Waals surface area contributed by atoms with Crippen molar-refractivity contribution in [3.63, 3.8) is 0 Å². The first-order valence-electron chi connectivity index (χ1n) is 37.6. The predicted molar refractivity (Wildman–Crippen MR) is 423 cm³/mol. The lowest BCUT2D eigenvalue weighted by Crippen LogP contribution is -2.65. The summed E-state index contributed by atoms with van der Waals surface area (Å²) in [4.78, 5) is 63.7. The highest BCUT2D eigenvalue weighted by Gasteiger charge is 2.53. The van der Waals surface area contributed by atoms with Gasteiger partial charge in [-0.25, -0.2) is 4.79 Å². The number of rotatable bonds is 47. The van der Waals surface area contributed by atoms with Gasteiger partial charge in [0.15, 0.2) is 41.8 Å². The van der Waals surface area contributed by atoms with Gasteiger partial charge in [0.25, 0.3) is 0 Å². The maximum Gasteiger partial charge on any atom is 0.411 e. The summed E-state index contributed by atoms with van der Waals surface area (Å²) in [6, 6.07) is -1.65. The van der Waals surface area contributed by atoms with E-state index in [1.54, 1.807) is 44.6 Å². The molecule has 19 atom stereocenters. The minimum absolute atomic E-state index is 0.00534. The number of fused-ring (bicyclic) bond motifs is 2. The van der Waals surface area contributed by atoms with E-state index in [4.69, 9.17) is 101 Å². The molecule has 0 spiro atoms. The van der Waals surface area contributed by atoms with Crippen LogP contribution in [-0.4, -0.2) is 340 Å². The zero-order valence-corrected chi connectivity index (χ0v) is 70.7. The number of halogens is 1. The number of alkyl carbamates (subject to hydrolysis) is 1. The van der Waals surface area contributed by atoms with Crippen LogP contribution in [0.2, 0.25) is 0 Å². The van der Waals surface area contributed by atoms with Gasteiger partial charge >= 0.3 is 6.09 Å². The molecule has 113 heavy (non-hydrogen) atoms. The summed E-state index contributed by atoms with van der Waals surface area (Å²) >= 11 is 2.80. The molecule has 0 aromatic heterocycles. The predicted octanol–water partition coefficient (Wildman–Crippen LogP) is 2.23. The van der Waals surface area contributed by atoms with E-state index in [-0.39, 0.29) is 90.0 Å². The molecule has 6 aliphatic rings. The van der Waals surface area contributed by atoms with Crippen molar-refractivity contribution in [3.05, 3.63) is 49.8 Å². The van der Waals surface area contributed by atoms with Crippen LogP contribution in [0.1, 0.15) is 76.7 Å². The molecule has 38 heteroatoms. The summed E-state index contributed by atoms with van der Waals surface area (Å²) < 4.78 is 112. The Morgan fingerprint density at radius 2 is 1.37 bits per heavy atom. The van der Waals surface area contributed by atoms with Crippen molar-refractivity contribution in [1.29, 1.82) is 0 Å². The van der Waals surface area contributed by atoms with Crippen LogP contribution in [0, 0.1) is 34.2 Å². The largest absolute Gasteiger partial charge is 0.492 e. The van der Waals surface area contributed by atoms with Gasteiger partial charge < -0.3 is 127 Å². The van der Waals surface area contributed by atoms with Crippen LogP contribution in [0.4, 0.5) is 4.79 Å². The molecular weight excluding hydrogens is 1660 g/mol. The van der Waals surface area contributed by atoms with Crippen LogP contribution in [0.15, 0.2) is 35.1 Å². The number of aliphatic hydroxyl groups is 5. The first-order valence-corrected chi connectivity index (χ1v) is 41.9. The number of benzene rings is 1. The van der Waals surface area contributed by atoms with Crippen molar-refractivity contribution in [3.8, 4) is 40.9 Å². The van der Waals surface area contributed by atoms with E-state index in [9.17, 15) is 44.7 Å². The fourth-order valence-electron chi connectivity index (χ4n) is 12.9. The van der Waals surface area contributed by atoms with Gasteiger partial charge in [0, 0.05) is 62.3 Å². The van der Waals surface area contributed by atoms with E-state index in [0.717, 1.165) is 18.9 Å². The number of carbonyl (C=O) groups is 4. The standard InChI is InChI=1S/C75H114IN5O29S3/c1-13-81(41-54(84)78-22-24-97-26-28-99-30-32-101-34-36-102-35-33-100-31-29-98-27-25-96-23-21-77)49-42-103-55(39-53(49)91-8)108-68-63(86)60(45(5)105-73(68)107-52-18-16-14-15-17-20-75(90)40-51(83)61(79-74(89)95-12)58(52)48(75)19-37-111-113-43(2)3)80-110-56-38-50(82)70(47(7)104-56)112-71(88)57-44(4)59(76)66(69(94-11)65(57)92-9)109-72-64(87)67(93-10)62(85)46(6)106-72/h14-15,19,43,45-47,49-50,52-53,55-56,60,62-64,67-68,70,72-73,80,82,85-87,90H,13,21-42,77H2,1-12H3,(H,78,84)(H,79,89)/b15-14?,48-19+/t45-,46+,47-,49+,50+,52+,53+,55+,56+,60-,62+,63+,64-,67-,68-,70-,72+,73+,75+/m1/s1. The molecule has 0 unspecified atom stereocenters. The Hall–Kier alpha value is -4.14. The average molecular weight is 1770 g/mol. The highest BCUT2D eigenvalue weighted by atomic mass is 127. The Labute approximate surface area is 686 Å². The number of ketones is 1.